The number of hydrogen-bond acceptors (Lipinski definition) is 0. The zero-order chi connectivity index (χ0) is 0. The summed E-state index contributed by atoms with van der Waals surface area (Å²) in [6.07, 6.45) is 0. The molecule has 0 fully saturated rings. The first-order chi connectivity index (χ1) is 0. The minimum absolute atomic E-state index is 0. The van der Waals surface area contributed by atoms with E-state index in [4.69, 9.17) is 0 Å². The van der Waals surface area contributed by atoms with Crippen LogP contribution in [0.2, 0.25) is 0 Å². The van der Waals surface area contributed by atoms with Gasteiger partial charge in [0.2, 0.25) is 0 Å². The Hall–Kier alpha value is 4.00. The monoisotopic (exact) mass is 565 g/mol. The first-order valence-corrected chi connectivity index (χ1v) is 0. The van der Waals surface area contributed by atoms with Crippen LogP contribution in [0.25, 0.3) is 0 Å². The molecule has 6 heteroatoms. The second-order valence-corrected chi connectivity index (χ2v) is 0. The topological polar surface area (TPSA) is 0 Å². The molecule has 3 radical (unpaired) electrons. The fourth-order valence-electron chi connectivity index (χ4n) is 0. The third kappa shape index (κ3) is 24.5. The minimum atomic E-state index is 0. The van der Waals surface area contributed by atoms with Crippen molar-refractivity contribution in [2.24, 2.45) is 0 Å². The van der Waals surface area contributed by atoms with E-state index in [1.807, 2.05) is 0 Å². The fourth-order valence-corrected chi connectivity index (χ4v) is 0. The van der Waals surface area contributed by atoms with Gasteiger partial charge >= 0.3 is 27.3 Å². The summed E-state index contributed by atoms with van der Waals surface area (Å²) in [4.78, 5) is 0. The molecule has 0 saturated heterocycles. The molecule has 6 heavy (non-hydrogen) atoms. The van der Waals surface area contributed by atoms with Gasteiger partial charge in [-0.15, -0.1) is 0 Å². The van der Waals surface area contributed by atoms with Crippen LogP contribution in [-0.2, 0) is 97.4 Å². The second kappa shape index (κ2) is 36.0. The molecule has 0 aliphatic carbocycles. The quantitative estimate of drug-likeness (QED) is 0.334. The molecule has 0 amide bonds. The Kier molecular flexibility index (Phi) is 304. The molecule has 0 aromatic carbocycles. The van der Waals surface area contributed by atoms with Gasteiger partial charge in [0, 0.05) is 97.4 Å². The van der Waals surface area contributed by atoms with Gasteiger partial charge in [0.15, 0.2) is 0 Å². The Morgan fingerprint density at radius 2 is 1.00 bits per heavy atom. The maximum absolute atomic E-state index is 0. The fraction of sp³-hybridized carbons (Fsp3) is 0. The predicted octanol–water partition coefficient (Wildman–Crippen LogP) is -0.929. The Morgan fingerprint density at radius 1 is 1.00 bits per heavy atom. The van der Waals surface area contributed by atoms with Gasteiger partial charge in [-0.2, -0.15) is 0 Å². The van der Waals surface area contributed by atoms with Crippen molar-refractivity contribution in [2.75, 3.05) is 0 Å². The van der Waals surface area contributed by atoms with Gasteiger partial charge in [-0.3, -0.25) is 0 Å². The summed E-state index contributed by atoms with van der Waals surface area (Å²) in [6, 6.07) is 0. The van der Waals surface area contributed by atoms with Crippen molar-refractivity contribution in [3.8, 4) is 0 Å². The van der Waals surface area contributed by atoms with Gasteiger partial charge < -0.3 is 0 Å². The van der Waals surface area contributed by atoms with Crippen LogP contribution < -0.4 is 0 Å². The first kappa shape index (κ1) is 50.6. The Labute approximate surface area is 122 Å². The summed E-state index contributed by atoms with van der Waals surface area (Å²) in [5.74, 6) is 0. The molecule has 0 nitrogen and oxygen atoms in total. The zero-order valence-corrected chi connectivity index (χ0v) is 18.6. The number of hydrogen-bond donors (Lipinski definition) is 0. The second-order valence-electron chi connectivity index (χ2n) is 0. The van der Waals surface area contributed by atoms with Gasteiger partial charge in [-0.05, 0) is 0 Å². The molecule has 0 bridgehead atoms. The summed E-state index contributed by atoms with van der Waals surface area (Å²) in [6.45, 7) is 0. The third-order valence-electron chi connectivity index (χ3n) is 0. The van der Waals surface area contributed by atoms with Gasteiger partial charge in [-0.25, -0.2) is 0 Å². The van der Waals surface area contributed by atoms with Crippen molar-refractivity contribution < 1.29 is 97.4 Å². The van der Waals surface area contributed by atoms with E-state index in [1.54, 1.807) is 0 Å². The first-order valence-electron chi connectivity index (χ1n) is 0. The van der Waals surface area contributed by atoms with E-state index in [0.717, 1.165) is 0 Å². The zero-order valence-electron chi connectivity index (χ0n) is 3.09. The van der Waals surface area contributed by atoms with Crippen molar-refractivity contribution in [1.29, 1.82) is 0 Å². The summed E-state index contributed by atoms with van der Waals surface area (Å²) >= 11 is 0. The van der Waals surface area contributed by atoms with Crippen LogP contribution in [0.1, 0.15) is 0 Å². The van der Waals surface area contributed by atoms with Crippen LogP contribution in [0.15, 0.2) is 0 Å². The summed E-state index contributed by atoms with van der Waals surface area (Å²) in [5, 5.41) is 0. The van der Waals surface area contributed by atoms with Gasteiger partial charge in [0.1, 0.15) is 0 Å². The molecule has 0 N–H and O–H groups in total. The Morgan fingerprint density at radius 3 is 1.00 bits per heavy atom. The molecule has 0 unspecified atom stereocenters. The van der Waals surface area contributed by atoms with Gasteiger partial charge in [-0.1, -0.05) is 0 Å². The predicted molar refractivity (Wildman–Crippen MR) is 8.54 cm³/mol. The van der Waals surface area contributed by atoms with Crippen molar-refractivity contribution in [3.05, 3.63) is 0 Å². The summed E-state index contributed by atoms with van der Waals surface area (Å²) in [7, 11) is 0. The molecular formula is H2CdCuFeNiPbZn. The van der Waals surface area contributed by atoms with E-state index >= 15 is 0 Å². The van der Waals surface area contributed by atoms with Crippen molar-refractivity contribution in [1.82, 2.24) is 0 Å². The molecule has 0 heterocycles. The van der Waals surface area contributed by atoms with Crippen molar-refractivity contribution >= 4 is 27.3 Å². The average Bonchev–Trinajstić information content (AvgIpc) is 0. The molecule has 0 atom stereocenters. The third-order valence-corrected chi connectivity index (χ3v) is 0. The summed E-state index contributed by atoms with van der Waals surface area (Å²) in [5.41, 5.74) is 0. The van der Waals surface area contributed by atoms with Crippen LogP contribution >= 0.6 is 0 Å². The van der Waals surface area contributed by atoms with Crippen LogP contribution in [0.3, 0.4) is 0 Å². The van der Waals surface area contributed by atoms with Crippen LogP contribution in [0, 0.1) is 0 Å². The van der Waals surface area contributed by atoms with E-state index in [0.29, 0.717) is 0 Å². The Balaban J connectivity index is 0. The normalized spacial score (nSPS) is 0. The maximum Gasteiger partial charge on any atom is 0 e. The van der Waals surface area contributed by atoms with Crippen LogP contribution in [0.4, 0.5) is 0 Å². The average molecular weight is 565 g/mol. The molecule has 0 rings (SSSR count). The minimum Gasteiger partial charge on any atom is 0 e. The van der Waals surface area contributed by atoms with E-state index in [2.05, 4.69) is 0 Å². The largest absolute Gasteiger partial charge is 0 e. The molecule has 39 valence electrons. The SMILES string of the molecule is [Cd].[Cu].[Fe].[Ni].[PbH2].[Zn]. The van der Waals surface area contributed by atoms with Crippen LogP contribution in [0.5, 0.6) is 0 Å². The van der Waals surface area contributed by atoms with Crippen molar-refractivity contribution in [2.45, 2.75) is 0 Å². The number of rotatable bonds is 0. The molecule has 0 aromatic heterocycles. The smallest absolute Gasteiger partial charge is 0 e. The molecular weight excluding hydrogens is 563 g/mol. The standard InChI is InChI=1S/Cd.Cu.Fe.Ni.Pb.Zn.2H. The van der Waals surface area contributed by atoms with Crippen molar-refractivity contribution in [3.63, 3.8) is 0 Å². The Bertz CT molecular complexity index is 15.5. The summed E-state index contributed by atoms with van der Waals surface area (Å²) < 4.78 is 0. The van der Waals surface area contributed by atoms with Crippen LogP contribution in [-0.4, -0.2) is 27.3 Å². The van der Waals surface area contributed by atoms with E-state index in [1.165, 1.54) is 0 Å². The molecule has 0 aliphatic heterocycles. The molecule has 0 spiro atoms. The van der Waals surface area contributed by atoms with E-state index in [-0.39, 0.29) is 125 Å². The van der Waals surface area contributed by atoms with Gasteiger partial charge in [0.25, 0.3) is 0 Å². The maximum atomic E-state index is 0. The van der Waals surface area contributed by atoms with E-state index in [9.17, 15) is 0 Å². The molecule has 0 aromatic rings. The molecule has 0 aliphatic rings. The molecule has 0 saturated carbocycles. The van der Waals surface area contributed by atoms with Gasteiger partial charge in [0.05, 0.1) is 0 Å². The van der Waals surface area contributed by atoms with E-state index < -0.39 is 0 Å².